The molecule has 1 aliphatic rings. The van der Waals surface area contributed by atoms with E-state index in [2.05, 4.69) is 22.5 Å². The van der Waals surface area contributed by atoms with Crippen LogP contribution in [-0.2, 0) is 10.9 Å². The van der Waals surface area contributed by atoms with E-state index in [-0.39, 0.29) is 11.5 Å². The minimum absolute atomic E-state index is 0.120. The smallest absolute Gasteiger partial charge is 0.383 e. The lowest BCUT2D eigenvalue weighted by molar-refractivity contribution is -0.137. The maximum Gasteiger partial charge on any atom is 0.416 e. The third-order valence-corrected chi connectivity index (χ3v) is 5.67. The molecular formula is C24H28F3N3O3. The zero-order chi connectivity index (χ0) is 24.0. The van der Waals surface area contributed by atoms with Crippen molar-refractivity contribution in [3.63, 3.8) is 0 Å². The van der Waals surface area contributed by atoms with Gasteiger partial charge in [-0.15, -0.1) is 0 Å². The fourth-order valence-electron chi connectivity index (χ4n) is 3.72. The van der Waals surface area contributed by atoms with Crippen LogP contribution in [-0.4, -0.2) is 45.2 Å². The molecule has 1 fully saturated rings. The molecule has 3 rings (SSSR count). The second-order valence-corrected chi connectivity index (χ2v) is 8.18. The summed E-state index contributed by atoms with van der Waals surface area (Å²) in [7, 11) is 1.54. The minimum atomic E-state index is -4.54. The molecule has 2 N–H and O–H groups in total. The Balaban J connectivity index is 1.84. The number of piperidine rings is 1. The van der Waals surface area contributed by atoms with Crippen LogP contribution in [0.4, 0.5) is 24.5 Å². The van der Waals surface area contributed by atoms with Crippen LogP contribution in [0.5, 0.6) is 0 Å². The fourth-order valence-corrected chi connectivity index (χ4v) is 3.72. The Labute approximate surface area is 191 Å². The van der Waals surface area contributed by atoms with Crippen molar-refractivity contribution in [2.75, 3.05) is 43.6 Å². The second-order valence-electron chi connectivity index (χ2n) is 8.18. The highest BCUT2D eigenvalue weighted by molar-refractivity contribution is 6.06. The van der Waals surface area contributed by atoms with Gasteiger partial charge in [-0.05, 0) is 55.2 Å². The third-order valence-electron chi connectivity index (χ3n) is 5.67. The van der Waals surface area contributed by atoms with Crippen LogP contribution in [0.3, 0.4) is 0 Å². The van der Waals surface area contributed by atoms with E-state index >= 15 is 0 Å². The van der Waals surface area contributed by atoms with Crippen LogP contribution < -0.4 is 15.5 Å². The number of hydrogen-bond donors (Lipinski definition) is 2. The van der Waals surface area contributed by atoms with Gasteiger partial charge in [-0.25, -0.2) is 0 Å². The first-order chi connectivity index (χ1) is 15.7. The van der Waals surface area contributed by atoms with Gasteiger partial charge in [-0.3, -0.25) is 9.59 Å². The predicted octanol–water partition coefficient (Wildman–Crippen LogP) is 4.57. The van der Waals surface area contributed by atoms with Crippen molar-refractivity contribution >= 4 is 23.2 Å². The van der Waals surface area contributed by atoms with Crippen LogP contribution in [0.25, 0.3) is 0 Å². The van der Waals surface area contributed by atoms with Crippen molar-refractivity contribution in [2.45, 2.75) is 25.9 Å². The summed E-state index contributed by atoms with van der Waals surface area (Å²) in [5, 5.41) is 5.40. The molecule has 0 radical (unpaired) electrons. The highest BCUT2D eigenvalue weighted by atomic mass is 19.4. The van der Waals surface area contributed by atoms with Gasteiger partial charge in [-0.2, -0.15) is 13.2 Å². The number of hydrogen-bond acceptors (Lipinski definition) is 4. The van der Waals surface area contributed by atoms with Crippen molar-refractivity contribution in [2.24, 2.45) is 5.92 Å². The van der Waals surface area contributed by atoms with Crippen LogP contribution in [0, 0.1) is 5.92 Å². The molecule has 0 spiro atoms. The Kier molecular flexibility index (Phi) is 7.97. The highest BCUT2D eigenvalue weighted by Crippen LogP contribution is 2.31. The lowest BCUT2D eigenvalue weighted by Gasteiger charge is -2.33. The molecule has 178 valence electrons. The molecule has 0 aromatic heterocycles. The van der Waals surface area contributed by atoms with Gasteiger partial charge in [0.2, 0.25) is 0 Å². The Morgan fingerprint density at radius 3 is 2.48 bits per heavy atom. The van der Waals surface area contributed by atoms with Gasteiger partial charge in [0.1, 0.15) is 0 Å². The molecule has 2 amide bonds. The van der Waals surface area contributed by atoms with Crippen molar-refractivity contribution in [3.8, 4) is 0 Å². The normalized spacial score (nSPS) is 14.8. The van der Waals surface area contributed by atoms with Crippen molar-refractivity contribution in [3.05, 3.63) is 59.2 Å². The van der Waals surface area contributed by atoms with Gasteiger partial charge in [0, 0.05) is 43.7 Å². The molecule has 0 saturated carbocycles. The number of halogens is 3. The van der Waals surface area contributed by atoms with Crippen molar-refractivity contribution in [1.29, 1.82) is 0 Å². The molecular weight excluding hydrogens is 435 g/mol. The monoisotopic (exact) mass is 463 g/mol. The molecule has 2 aromatic carbocycles. The van der Waals surface area contributed by atoms with E-state index in [0.29, 0.717) is 30.3 Å². The number of nitrogens with zero attached hydrogens (tertiary/aromatic N) is 1. The molecule has 1 aliphatic heterocycles. The molecule has 0 bridgehead atoms. The molecule has 1 saturated heterocycles. The minimum Gasteiger partial charge on any atom is -0.383 e. The number of alkyl halides is 3. The van der Waals surface area contributed by atoms with E-state index in [1.54, 1.807) is 18.2 Å². The largest absolute Gasteiger partial charge is 0.416 e. The first kappa shape index (κ1) is 24.6. The van der Waals surface area contributed by atoms with Gasteiger partial charge in [-0.1, -0.05) is 13.0 Å². The van der Waals surface area contributed by atoms with Gasteiger partial charge in [0.25, 0.3) is 11.8 Å². The molecule has 33 heavy (non-hydrogen) atoms. The number of carbonyl (C=O) groups excluding carboxylic acids is 2. The molecule has 0 aliphatic carbocycles. The molecule has 0 unspecified atom stereocenters. The number of nitrogens with one attached hydrogen (secondary N) is 2. The van der Waals surface area contributed by atoms with E-state index < -0.39 is 17.6 Å². The number of anilines is 2. The van der Waals surface area contributed by atoms with Crippen LogP contribution >= 0.6 is 0 Å². The number of ether oxygens (including phenoxy) is 1. The van der Waals surface area contributed by atoms with Gasteiger partial charge < -0.3 is 20.3 Å². The summed E-state index contributed by atoms with van der Waals surface area (Å²) in [6.45, 7) is 4.51. The summed E-state index contributed by atoms with van der Waals surface area (Å²) < 4.78 is 43.9. The SMILES string of the molecule is COCCNC(=O)c1cc(NC(=O)c2cccc(C(F)(F)F)c2)ccc1N1CCC(C)CC1. The maximum absolute atomic E-state index is 13.0. The first-order valence-electron chi connectivity index (χ1n) is 10.8. The molecule has 1 heterocycles. The zero-order valence-corrected chi connectivity index (χ0v) is 18.7. The summed E-state index contributed by atoms with van der Waals surface area (Å²) in [4.78, 5) is 27.6. The topological polar surface area (TPSA) is 70.7 Å². The zero-order valence-electron chi connectivity index (χ0n) is 18.7. The summed E-state index contributed by atoms with van der Waals surface area (Å²) in [6.07, 6.45) is -2.52. The summed E-state index contributed by atoms with van der Waals surface area (Å²) in [6, 6.07) is 9.19. The molecule has 6 nitrogen and oxygen atoms in total. The number of rotatable bonds is 7. The fraction of sp³-hybridized carbons (Fsp3) is 0.417. The quantitative estimate of drug-likeness (QED) is 0.591. The van der Waals surface area contributed by atoms with Crippen molar-refractivity contribution < 1.29 is 27.5 Å². The average molecular weight is 464 g/mol. The summed E-state index contributed by atoms with van der Waals surface area (Å²) in [5.41, 5.74) is 0.452. The Morgan fingerprint density at radius 1 is 1.09 bits per heavy atom. The Hall–Kier alpha value is -3.07. The summed E-state index contributed by atoms with van der Waals surface area (Å²) >= 11 is 0. The first-order valence-corrected chi connectivity index (χ1v) is 10.8. The Bertz CT molecular complexity index is 986. The van der Waals surface area contributed by atoms with E-state index in [9.17, 15) is 22.8 Å². The molecule has 0 atom stereocenters. The maximum atomic E-state index is 13.0. The molecule has 9 heteroatoms. The van der Waals surface area contributed by atoms with Gasteiger partial charge in [0.05, 0.1) is 17.7 Å². The number of amides is 2. The van der Waals surface area contributed by atoms with E-state index in [1.807, 2.05) is 0 Å². The summed E-state index contributed by atoms with van der Waals surface area (Å²) in [5.74, 6) is -0.381. The van der Waals surface area contributed by atoms with E-state index in [0.717, 1.165) is 43.8 Å². The van der Waals surface area contributed by atoms with Crippen LogP contribution in [0.2, 0.25) is 0 Å². The van der Waals surface area contributed by atoms with E-state index in [4.69, 9.17) is 4.74 Å². The van der Waals surface area contributed by atoms with Crippen molar-refractivity contribution in [1.82, 2.24) is 5.32 Å². The second kappa shape index (κ2) is 10.7. The van der Waals surface area contributed by atoms with Crippen LogP contribution in [0.15, 0.2) is 42.5 Å². The highest BCUT2D eigenvalue weighted by Gasteiger charge is 2.31. The standard InChI is InChI=1S/C24H28F3N3O3/c1-16-8-11-30(12-9-16)21-7-6-19(15-20(21)23(32)28-10-13-33-2)29-22(31)17-4-3-5-18(14-17)24(25,26)27/h3-7,14-16H,8-13H2,1-2H3,(H,28,32)(H,29,31). The molecule has 2 aromatic rings. The lowest BCUT2D eigenvalue weighted by atomic mass is 9.97. The van der Waals surface area contributed by atoms with Gasteiger partial charge in [0.15, 0.2) is 0 Å². The van der Waals surface area contributed by atoms with Gasteiger partial charge >= 0.3 is 6.18 Å². The number of methoxy groups -OCH3 is 1. The number of carbonyl (C=O) groups is 2. The third kappa shape index (κ3) is 6.47. The number of benzene rings is 2. The predicted molar refractivity (Wildman–Crippen MR) is 121 cm³/mol. The lowest BCUT2D eigenvalue weighted by Crippen LogP contribution is -2.35. The average Bonchev–Trinajstić information content (AvgIpc) is 2.79. The van der Waals surface area contributed by atoms with E-state index in [1.165, 1.54) is 19.2 Å². The Morgan fingerprint density at radius 2 is 1.82 bits per heavy atom. The van der Waals surface area contributed by atoms with Crippen LogP contribution in [0.1, 0.15) is 46.0 Å².